The summed E-state index contributed by atoms with van der Waals surface area (Å²) in [6, 6.07) is 9.56. The average molecular weight is 345 g/mol. The van der Waals surface area contributed by atoms with Gasteiger partial charge in [0.05, 0.1) is 0 Å². The molecule has 0 radical (unpaired) electrons. The molecule has 0 spiro atoms. The minimum absolute atomic E-state index is 0.0553. The monoisotopic (exact) mass is 344 g/mol. The summed E-state index contributed by atoms with van der Waals surface area (Å²) in [6.45, 7) is 0.0553. The van der Waals surface area contributed by atoms with Crippen molar-refractivity contribution in [3.8, 4) is 0 Å². The second kappa shape index (κ2) is 5.77. The Morgan fingerprint density at radius 3 is 2.63 bits per heavy atom. The molecule has 7 heteroatoms. The smallest absolute Gasteiger partial charge is 0.241 e. The Morgan fingerprint density at radius 1 is 1.21 bits per heavy atom. The number of rotatable bonds is 4. The van der Waals surface area contributed by atoms with Crippen molar-refractivity contribution in [2.75, 3.05) is 0 Å². The standard InChI is InChI=1S/C12H10BrFN2O2S/c13-10-5-2-1-4-9(10)8-16-19(17,18)12-11(14)6-3-7-15-12/h1-7,16H,8H2. The highest BCUT2D eigenvalue weighted by molar-refractivity contribution is 9.10. The molecule has 100 valence electrons. The maximum Gasteiger partial charge on any atom is 0.261 e. The van der Waals surface area contributed by atoms with Crippen molar-refractivity contribution in [3.05, 3.63) is 58.4 Å². The molecule has 2 aromatic rings. The van der Waals surface area contributed by atoms with Crippen molar-refractivity contribution in [2.45, 2.75) is 11.6 Å². The van der Waals surface area contributed by atoms with Crippen LogP contribution in [-0.4, -0.2) is 13.4 Å². The van der Waals surface area contributed by atoms with Crippen molar-refractivity contribution in [3.63, 3.8) is 0 Å². The molecule has 0 unspecified atom stereocenters. The van der Waals surface area contributed by atoms with Gasteiger partial charge in [-0.3, -0.25) is 0 Å². The Bertz CT molecular complexity index is 692. The van der Waals surface area contributed by atoms with E-state index in [0.717, 1.165) is 16.1 Å². The fraction of sp³-hybridized carbons (Fsp3) is 0.0833. The Balaban J connectivity index is 2.20. The number of nitrogens with one attached hydrogen (secondary N) is 1. The molecule has 2 rings (SSSR count). The first-order chi connectivity index (χ1) is 9.00. The van der Waals surface area contributed by atoms with E-state index in [9.17, 15) is 12.8 Å². The van der Waals surface area contributed by atoms with Gasteiger partial charge in [-0.25, -0.2) is 22.5 Å². The lowest BCUT2D eigenvalue weighted by molar-refractivity contribution is 0.544. The van der Waals surface area contributed by atoms with E-state index in [1.54, 1.807) is 18.2 Å². The molecule has 0 bridgehead atoms. The first-order valence-corrected chi connectivity index (χ1v) is 7.62. The average Bonchev–Trinajstić information content (AvgIpc) is 2.38. The molecule has 0 aliphatic carbocycles. The quantitative estimate of drug-likeness (QED) is 0.926. The number of hydrogen-bond acceptors (Lipinski definition) is 3. The van der Waals surface area contributed by atoms with Crippen LogP contribution in [0.4, 0.5) is 4.39 Å². The summed E-state index contributed by atoms with van der Waals surface area (Å²) in [7, 11) is -3.96. The number of nitrogens with zero attached hydrogens (tertiary/aromatic N) is 1. The van der Waals surface area contributed by atoms with Crippen LogP contribution >= 0.6 is 15.9 Å². The van der Waals surface area contributed by atoms with E-state index in [-0.39, 0.29) is 6.54 Å². The van der Waals surface area contributed by atoms with Crippen LogP contribution in [0.5, 0.6) is 0 Å². The molecule has 0 aliphatic rings. The van der Waals surface area contributed by atoms with Crippen LogP contribution in [0, 0.1) is 5.82 Å². The van der Waals surface area contributed by atoms with Gasteiger partial charge < -0.3 is 0 Å². The topological polar surface area (TPSA) is 59.1 Å². The second-order valence-electron chi connectivity index (χ2n) is 3.71. The summed E-state index contributed by atoms with van der Waals surface area (Å²) >= 11 is 3.31. The molecular weight excluding hydrogens is 335 g/mol. The zero-order chi connectivity index (χ0) is 13.9. The van der Waals surface area contributed by atoms with Gasteiger partial charge in [-0.15, -0.1) is 0 Å². The molecule has 0 saturated heterocycles. The van der Waals surface area contributed by atoms with Gasteiger partial charge in [-0.05, 0) is 23.8 Å². The number of hydrogen-bond donors (Lipinski definition) is 1. The van der Waals surface area contributed by atoms with Gasteiger partial charge in [0.25, 0.3) is 10.0 Å². The van der Waals surface area contributed by atoms with Crippen LogP contribution in [0.1, 0.15) is 5.56 Å². The van der Waals surface area contributed by atoms with Gasteiger partial charge in [0.15, 0.2) is 5.82 Å². The van der Waals surface area contributed by atoms with E-state index in [2.05, 4.69) is 25.6 Å². The fourth-order valence-electron chi connectivity index (χ4n) is 1.45. The van der Waals surface area contributed by atoms with Crippen LogP contribution in [0.25, 0.3) is 0 Å². The van der Waals surface area contributed by atoms with Crippen molar-refractivity contribution in [1.29, 1.82) is 0 Å². The Labute approximate surface area is 118 Å². The van der Waals surface area contributed by atoms with Gasteiger partial charge in [0.2, 0.25) is 5.03 Å². The normalized spacial score (nSPS) is 11.5. The van der Waals surface area contributed by atoms with Crippen molar-refractivity contribution in [2.24, 2.45) is 0 Å². The lowest BCUT2D eigenvalue weighted by atomic mass is 10.2. The SMILES string of the molecule is O=S(=O)(NCc1ccccc1Br)c1ncccc1F. The molecule has 0 aliphatic heterocycles. The zero-order valence-corrected chi connectivity index (χ0v) is 12.1. The Kier molecular flexibility index (Phi) is 4.28. The van der Waals surface area contributed by atoms with E-state index in [0.29, 0.717) is 0 Å². The van der Waals surface area contributed by atoms with Gasteiger partial charge >= 0.3 is 0 Å². The molecule has 19 heavy (non-hydrogen) atoms. The predicted octanol–water partition coefficient (Wildman–Crippen LogP) is 2.46. The second-order valence-corrected chi connectivity index (χ2v) is 6.24. The van der Waals surface area contributed by atoms with Crippen LogP contribution in [0.2, 0.25) is 0 Å². The number of sulfonamides is 1. The third-order valence-corrected chi connectivity index (χ3v) is 4.50. The summed E-state index contributed by atoms with van der Waals surface area (Å²) in [6.07, 6.45) is 1.23. The lowest BCUT2D eigenvalue weighted by Crippen LogP contribution is -2.25. The van der Waals surface area contributed by atoms with Crippen LogP contribution in [0.15, 0.2) is 52.1 Å². The summed E-state index contributed by atoms with van der Waals surface area (Å²) in [5.74, 6) is -0.873. The molecule has 0 saturated carbocycles. The van der Waals surface area contributed by atoms with Gasteiger partial charge in [-0.2, -0.15) is 0 Å². The molecule has 1 aromatic carbocycles. The highest BCUT2D eigenvalue weighted by atomic mass is 79.9. The van der Waals surface area contributed by atoms with E-state index in [4.69, 9.17) is 0 Å². The van der Waals surface area contributed by atoms with E-state index in [1.807, 2.05) is 6.07 Å². The fourth-order valence-corrected chi connectivity index (χ4v) is 2.88. The maximum atomic E-state index is 13.4. The molecule has 1 N–H and O–H groups in total. The predicted molar refractivity (Wildman–Crippen MR) is 72.4 cm³/mol. The molecular formula is C12H10BrFN2O2S. The van der Waals surface area contributed by atoms with Crippen LogP contribution in [-0.2, 0) is 16.6 Å². The van der Waals surface area contributed by atoms with Gasteiger partial charge in [0, 0.05) is 17.2 Å². The lowest BCUT2D eigenvalue weighted by Gasteiger charge is -2.08. The van der Waals surface area contributed by atoms with Gasteiger partial charge in [-0.1, -0.05) is 34.1 Å². The van der Waals surface area contributed by atoms with Crippen molar-refractivity contribution in [1.82, 2.24) is 9.71 Å². The maximum absolute atomic E-state index is 13.4. The van der Waals surface area contributed by atoms with E-state index >= 15 is 0 Å². The Hall–Kier alpha value is -1.31. The number of benzene rings is 1. The molecule has 0 fully saturated rings. The first-order valence-electron chi connectivity index (χ1n) is 5.34. The highest BCUT2D eigenvalue weighted by Crippen LogP contribution is 2.17. The third-order valence-electron chi connectivity index (χ3n) is 2.39. The summed E-state index contributed by atoms with van der Waals surface area (Å²) in [5, 5.41) is -0.595. The van der Waals surface area contributed by atoms with Crippen molar-refractivity contribution < 1.29 is 12.8 Å². The summed E-state index contributed by atoms with van der Waals surface area (Å²) in [5.41, 5.74) is 0.752. The first kappa shape index (κ1) is 14.1. The highest BCUT2D eigenvalue weighted by Gasteiger charge is 2.20. The zero-order valence-electron chi connectivity index (χ0n) is 9.68. The van der Waals surface area contributed by atoms with Gasteiger partial charge in [0.1, 0.15) is 0 Å². The molecule has 1 heterocycles. The Morgan fingerprint density at radius 2 is 1.95 bits per heavy atom. The largest absolute Gasteiger partial charge is 0.261 e. The van der Waals surface area contributed by atoms with E-state index in [1.165, 1.54) is 12.3 Å². The summed E-state index contributed by atoms with van der Waals surface area (Å²) in [4.78, 5) is 3.55. The third kappa shape index (κ3) is 3.37. The minimum atomic E-state index is -3.96. The van der Waals surface area contributed by atoms with Crippen LogP contribution < -0.4 is 4.72 Å². The molecule has 0 atom stereocenters. The minimum Gasteiger partial charge on any atom is -0.241 e. The van der Waals surface area contributed by atoms with Crippen LogP contribution in [0.3, 0.4) is 0 Å². The van der Waals surface area contributed by atoms with Crippen molar-refractivity contribution >= 4 is 26.0 Å². The molecule has 0 amide bonds. The molecule has 1 aromatic heterocycles. The number of pyridine rings is 1. The number of aromatic nitrogens is 1. The number of halogens is 2. The molecule has 4 nitrogen and oxygen atoms in total. The summed E-state index contributed by atoms with van der Waals surface area (Å²) < 4.78 is 40.3. The van der Waals surface area contributed by atoms with E-state index < -0.39 is 20.9 Å².